The molecule has 3 aliphatic rings. The molecule has 0 aromatic heterocycles. The van der Waals surface area contributed by atoms with Gasteiger partial charge in [-0.25, -0.2) is 0 Å². The Morgan fingerprint density at radius 1 is 1.24 bits per heavy atom. The third-order valence-corrected chi connectivity index (χ3v) is 4.11. The van der Waals surface area contributed by atoms with Crippen LogP contribution in [0, 0.1) is 23.7 Å². The highest BCUT2D eigenvalue weighted by Gasteiger charge is 2.58. The molecule has 4 atom stereocenters. The van der Waals surface area contributed by atoms with E-state index in [4.69, 9.17) is 5.11 Å². The van der Waals surface area contributed by atoms with Gasteiger partial charge in [-0.1, -0.05) is 12.2 Å². The van der Waals surface area contributed by atoms with Crippen LogP contribution in [0.25, 0.3) is 0 Å². The highest BCUT2D eigenvalue weighted by Crippen LogP contribution is 2.52. The molecule has 0 spiro atoms. The van der Waals surface area contributed by atoms with Gasteiger partial charge in [-0.2, -0.15) is 0 Å². The molecule has 3 rings (SSSR count). The van der Waals surface area contributed by atoms with Crippen molar-refractivity contribution in [3.63, 3.8) is 0 Å². The number of amides is 2. The number of carboxylic acids is 1. The van der Waals surface area contributed by atoms with Gasteiger partial charge in [0.2, 0.25) is 11.8 Å². The fourth-order valence-corrected chi connectivity index (χ4v) is 3.39. The SMILES string of the molecule is O=C(O)CCN1C(=O)[C@@H]2C3C=CC(C3)[C@@H]2C1=O. The standard InChI is InChI=1S/C12H13NO4/c14-8(15)3-4-13-11(16)9-6-1-2-7(5-6)10(9)12(13)17/h1-2,6-7,9-10H,3-5H2,(H,14,15)/t6?,7?,9-,10+. The Hall–Kier alpha value is -1.65. The summed E-state index contributed by atoms with van der Waals surface area (Å²) in [6, 6.07) is 0. The lowest BCUT2D eigenvalue weighted by Gasteiger charge is -2.15. The van der Waals surface area contributed by atoms with Crippen molar-refractivity contribution in [1.82, 2.24) is 4.90 Å². The van der Waals surface area contributed by atoms with E-state index in [1.807, 2.05) is 12.2 Å². The largest absolute Gasteiger partial charge is 0.481 e. The van der Waals surface area contributed by atoms with Crippen LogP contribution in [-0.4, -0.2) is 34.3 Å². The number of hydrogen-bond donors (Lipinski definition) is 1. The van der Waals surface area contributed by atoms with Crippen LogP contribution in [0.3, 0.4) is 0 Å². The number of allylic oxidation sites excluding steroid dienone is 2. The molecule has 5 heteroatoms. The van der Waals surface area contributed by atoms with Crippen molar-refractivity contribution < 1.29 is 19.5 Å². The molecule has 5 nitrogen and oxygen atoms in total. The molecular formula is C12H13NO4. The van der Waals surface area contributed by atoms with Crippen LogP contribution in [0.2, 0.25) is 0 Å². The van der Waals surface area contributed by atoms with Crippen LogP contribution in [0.15, 0.2) is 12.2 Å². The van der Waals surface area contributed by atoms with Gasteiger partial charge < -0.3 is 5.11 Å². The van der Waals surface area contributed by atoms with Crippen LogP contribution in [-0.2, 0) is 14.4 Å². The number of aliphatic carboxylic acids is 1. The van der Waals surface area contributed by atoms with Gasteiger partial charge >= 0.3 is 5.97 Å². The molecule has 90 valence electrons. The predicted molar refractivity (Wildman–Crippen MR) is 56.7 cm³/mol. The Morgan fingerprint density at radius 2 is 1.76 bits per heavy atom. The summed E-state index contributed by atoms with van der Waals surface area (Å²) in [6.07, 6.45) is 4.79. The second-order valence-corrected chi connectivity index (χ2v) is 4.97. The molecule has 2 bridgehead atoms. The summed E-state index contributed by atoms with van der Waals surface area (Å²) in [5.41, 5.74) is 0. The Bertz CT molecular complexity index is 412. The van der Waals surface area contributed by atoms with Crippen molar-refractivity contribution in [2.24, 2.45) is 23.7 Å². The van der Waals surface area contributed by atoms with Crippen molar-refractivity contribution in [3.05, 3.63) is 12.2 Å². The summed E-state index contributed by atoms with van der Waals surface area (Å²) in [4.78, 5) is 35.8. The van der Waals surface area contributed by atoms with E-state index in [2.05, 4.69) is 0 Å². The molecule has 2 fully saturated rings. The van der Waals surface area contributed by atoms with Gasteiger partial charge in [0.05, 0.1) is 18.3 Å². The number of likely N-dealkylation sites (tertiary alicyclic amines) is 1. The van der Waals surface area contributed by atoms with E-state index in [9.17, 15) is 14.4 Å². The number of carbonyl (C=O) groups excluding carboxylic acids is 2. The summed E-state index contributed by atoms with van der Waals surface area (Å²) in [5.74, 6) is -1.37. The Balaban J connectivity index is 1.80. The monoisotopic (exact) mass is 235 g/mol. The predicted octanol–water partition coefficient (Wildman–Crippen LogP) is 0.268. The highest BCUT2D eigenvalue weighted by molar-refractivity contribution is 6.06. The number of nitrogens with zero attached hydrogens (tertiary/aromatic N) is 1. The molecule has 1 aliphatic heterocycles. The maximum absolute atomic E-state index is 12.1. The molecule has 1 saturated heterocycles. The second-order valence-electron chi connectivity index (χ2n) is 4.97. The molecule has 0 aromatic rings. The van der Waals surface area contributed by atoms with Gasteiger partial charge in [-0.3, -0.25) is 19.3 Å². The first-order chi connectivity index (χ1) is 8.09. The van der Waals surface area contributed by atoms with Crippen LogP contribution in [0.5, 0.6) is 0 Å². The van der Waals surface area contributed by atoms with E-state index in [1.54, 1.807) is 0 Å². The van der Waals surface area contributed by atoms with Gasteiger partial charge in [0.25, 0.3) is 0 Å². The molecule has 1 saturated carbocycles. The number of hydrogen-bond acceptors (Lipinski definition) is 3. The smallest absolute Gasteiger partial charge is 0.305 e. The molecule has 1 heterocycles. The molecule has 2 unspecified atom stereocenters. The quantitative estimate of drug-likeness (QED) is 0.562. The zero-order chi connectivity index (χ0) is 12.2. The average Bonchev–Trinajstić information content (AvgIpc) is 2.92. The lowest BCUT2D eigenvalue weighted by molar-refractivity contribution is -0.142. The summed E-state index contributed by atoms with van der Waals surface area (Å²) in [7, 11) is 0. The fraction of sp³-hybridized carbons (Fsp3) is 0.583. The van der Waals surface area contributed by atoms with Gasteiger partial charge in [-0.15, -0.1) is 0 Å². The van der Waals surface area contributed by atoms with Crippen LogP contribution in [0.4, 0.5) is 0 Å². The van der Waals surface area contributed by atoms with E-state index in [0.29, 0.717) is 0 Å². The number of fused-ring (bicyclic) bond motifs is 5. The first-order valence-electron chi connectivity index (χ1n) is 5.85. The lowest BCUT2D eigenvalue weighted by atomic mass is 9.85. The van der Waals surface area contributed by atoms with Crippen LogP contribution >= 0.6 is 0 Å². The normalized spacial score (nSPS) is 38.0. The zero-order valence-electron chi connectivity index (χ0n) is 9.20. The molecule has 1 N–H and O–H groups in total. The molecule has 2 amide bonds. The Labute approximate surface area is 98.1 Å². The Morgan fingerprint density at radius 3 is 2.24 bits per heavy atom. The van der Waals surface area contributed by atoms with E-state index in [-0.39, 0.29) is 48.5 Å². The van der Waals surface area contributed by atoms with E-state index in [1.165, 1.54) is 0 Å². The lowest BCUT2D eigenvalue weighted by Crippen LogP contribution is -2.34. The van der Waals surface area contributed by atoms with Gasteiger partial charge in [0.1, 0.15) is 0 Å². The minimum Gasteiger partial charge on any atom is -0.481 e. The summed E-state index contributed by atoms with van der Waals surface area (Å²) in [5, 5.41) is 8.60. The van der Waals surface area contributed by atoms with E-state index < -0.39 is 5.97 Å². The number of carbonyl (C=O) groups is 3. The van der Waals surface area contributed by atoms with Gasteiger partial charge in [0, 0.05) is 6.54 Å². The maximum Gasteiger partial charge on any atom is 0.305 e. The van der Waals surface area contributed by atoms with E-state index >= 15 is 0 Å². The first-order valence-corrected chi connectivity index (χ1v) is 5.85. The molecular weight excluding hydrogens is 222 g/mol. The molecule has 0 aromatic carbocycles. The van der Waals surface area contributed by atoms with Crippen molar-refractivity contribution in [2.45, 2.75) is 12.8 Å². The molecule has 0 radical (unpaired) electrons. The minimum absolute atomic E-state index is 0.0133. The molecule has 17 heavy (non-hydrogen) atoms. The van der Waals surface area contributed by atoms with Crippen molar-refractivity contribution in [2.75, 3.05) is 6.54 Å². The highest BCUT2D eigenvalue weighted by atomic mass is 16.4. The van der Waals surface area contributed by atoms with Gasteiger partial charge in [-0.05, 0) is 18.3 Å². The maximum atomic E-state index is 12.1. The van der Waals surface area contributed by atoms with Crippen molar-refractivity contribution in [1.29, 1.82) is 0 Å². The number of carboxylic acid groups (broad SMARTS) is 1. The van der Waals surface area contributed by atoms with Crippen LogP contribution in [0.1, 0.15) is 12.8 Å². The summed E-state index contributed by atoms with van der Waals surface area (Å²) in [6.45, 7) is 0.0133. The third kappa shape index (κ3) is 1.34. The summed E-state index contributed by atoms with van der Waals surface area (Å²) >= 11 is 0. The van der Waals surface area contributed by atoms with E-state index in [0.717, 1.165) is 11.3 Å². The van der Waals surface area contributed by atoms with Crippen molar-refractivity contribution >= 4 is 17.8 Å². The van der Waals surface area contributed by atoms with Crippen molar-refractivity contribution in [3.8, 4) is 0 Å². The fourth-order valence-electron chi connectivity index (χ4n) is 3.39. The third-order valence-electron chi connectivity index (χ3n) is 4.11. The second kappa shape index (κ2) is 3.42. The van der Waals surface area contributed by atoms with Gasteiger partial charge in [0.15, 0.2) is 0 Å². The minimum atomic E-state index is -0.983. The zero-order valence-corrected chi connectivity index (χ0v) is 9.20. The van der Waals surface area contributed by atoms with Crippen LogP contribution < -0.4 is 0 Å². The Kier molecular flexibility index (Phi) is 2.11. The number of imide groups is 1. The molecule has 2 aliphatic carbocycles. The number of rotatable bonds is 3. The topological polar surface area (TPSA) is 74.7 Å². The average molecular weight is 235 g/mol. The first kappa shape index (κ1) is 10.5. The summed E-state index contributed by atoms with van der Waals surface area (Å²) < 4.78 is 0.